The number of carboxylic acids is 1. The molecule has 0 rings (SSSR count). The lowest BCUT2D eigenvalue weighted by atomic mass is 10.2. The number of aldehydes is 1. The van der Waals surface area contributed by atoms with Gasteiger partial charge in [-0.3, -0.25) is 19.2 Å². The Morgan fingerprint density at radius 1 is 1.28 bits per heavy atom. The van der Waals surface area contributed by atoms with Crippen LogP contribution in [0.1, 0.15) is 13.3 Å². The molecule has 0 aromatic heterocycles. The monoisotopic (exact) mass is 259 g/mol. The molecule has 3 amide bonds. The van der Waals surface area contributed by atoms with E-state index in [2.05, 4.69) is 11.1 Å². The van der Waals surface area contributed by atoms with Crippen molar-refractivity contribution in [3.8, 4) is 0 Å². The molecular formula is C9H13N3O6. The van der Waals surface area contributed by atoms with Gasteiger partial charge in [-0.05, 0) is 6.92 Å². The molecule has 0 aromatic carbocycles. The number of carbonyl (C=O) groups is 5. The SMILES string of the molecule is C[C@H](NC(=O)C(N)=O)C(=O)N[C@H](C=O)CC(=O)O. The fourth-order valence-corrected chi connectivity index (χ4v) is 0.962. The number of hydrogen-bond acceptors (Lipinski definition) is 5. The number of primary amides is 1. The predicted octanol–water partition coefficient (Wildman–Crippen LogP) is -2.87. The van der Waals surface area contributed by atoms with Crippen LogP contribution in [0.2, 0.25) is 0 Å². The van der Waals surface area contributed by atoms with Gasteiger partial charge in [0.25, 0.3) is 0 Å². The summed E-state index contributed by atoms with van der Waals surface area (Å²) in [5.41, 5.74) is 4.66. The highest BCUT2D eigenvalue weighted by atomic mass is 16.4. The molecule has 100 valence electrons. The van der Waals surface area contributed by atoms with Crippen LogP contribution >= 0.6 is 0 Å². The highest BCUT2D eigenvalue weighted by Gasteiger charge is 2.22. The fourth-order valence-electron chi connectivity index (χ4n) is 0.962. The zero-order valence-corrected chi connectivity index (χ0v) is 9.50. The molecule has 0 saturated heterocycles. The number of amides is 3. The average molecular weight is 259 g/mol. The molecule has 0 bridgehead atoms. The molecule has 0 spiro atoms. The number of nitrogens with one attached hydrogen (secondary N) is 2. The van der Waals surface area contributed by atoms with E-state index in [1.165, 1.54) is 6.92 Å². The first kappa shape index (κ1) is 15.6. The van der Waals surface area contributed by atoms with E-state index in [9.17, 15) is 24.0 Å². The summed E-state index contributed by atoms with van der Waals surface area (Å²) in [6.07, 6.45) is -0.319. The number of carboxylic acid groups (broad SMARTS) is 1. The summed E-state index contributed by atoms with van der Waals surface area (Å²) in [6.45, 7) is 1.25. The Morgan fingerprint density at radius 3 is 2.22 bits per heavy atom. The van der Waals surface area contributed by atoms with Crippen molar-refractivity contribution >= 4 is 30.0 Å². The minimum Gasteiger partial charge on any atom is -0.481 e. The predicted molar refractivity (Wildman–Crippen MR) is 57.0 cm³/mol. The normalized spacial score (nSPS) is 12.9. The lowest BCUT2D eigenvalue weighted by Gasteiger charge is -2.15. The van der Waals surface area contributed by atoms with E-state index in [1.54, 1.807) is 0 Å². The Kier molecular flexibility index (Phi) is 6.04. The summed E-state index contributed by atoms with van der Waals surface area (Å²) in [5, 5.41) is 12.5. The fraction of sp³-hybridized carbons (Fsp3) is 0.444. The minimum absolute atomic E-state index is 0.259. The van der Waals surface area contributed by atoms with Crippen LogP contribution in [0.15, 0.2) is 0 Å². The molecule has 0 aliphatic rings. The Hall–Kier alpha value is -2.45. The minimum atomic E-state index is -1.26. The summed E-state index contributed by atoms with van der Waals surface area (Å²) in [6, 6.07) is -2.33. The highest BCUT2D eigenvalue weighted by molar-refractivity contribution is 6.34. The van der Waals surface area contributed by atoms with Gasteiger partial charge in [-0.2, -0.15) is 0 Å². The van der Waals surface area contributed by atoms with Gasteiger partial charge in [0.15, 0.2) is 0 Å². The van der Waals surface area contributed by atoms with Gasteiger partial charge in [-0.15, -0.1) is 0 Å². The van der Waals surface area contributed by atoms with E-state index in [0.717, 1.165) is 0 Å². The molecule has 18 heavy (non-hydrogen) atoms. The first-order chi connectivity index (χ1) is 8.27. The molecule has 0 aliphatic heterocycles. The lowest BCUT2D eigenvalue weighted by Crippen LogP contribution is -2.51. The van der Waals surface area contributed by atoms with Crippen LogP contribution in [-0.2, 0) is 24.0 Å². The molecule has 9 heteroatoms. The van der Waals surface area contributed by atoms with Crippen LogP contribution in [0.4, 0.5) is 0 Å². The van der Waals surface area contributed by atoms with Gasteiger partial charge in [0.2, 0.25) is 5.91 Å². The van der Waals surface area contributed by atoms with Crippen molar-refractivity contribution in [2.75, 3.05) is 0 Å². The maximum atomic E-state index is 11.4. The van der Waals surface area contributed by atoms with Crippen molar-refractivity contribution in [1.82, 2.24) is 10.6 Å². The van der Waals surface area contributed by atoms with Gasteiger partial charge >= 0.3 is 17.8 Å². The second kappa shape index (κ2) is 6.99. The third-order valence-corrected chi connectivity index (χ3v) is 1.85. The Bertz CT molecular complexity index is 380. The maximum absolute atomic E-state index is 11.4. The van der Waals surface area contributed by atoms with Crippen molar-refractivity contribution in [2.24, 2.45) is 5.73 Å². The number of hydrogen-bond donors (Lipinski definition) is 4. The Morgan fingerprint density at radius 2 is 1.83 bits per heavy atom. The van der Waals surface area contributed by atoms with Crippen molar-refractivity contribution in [1.29, 1.82) is 0 Å². The van der Waals surface area contributed by atoms with E-state index in [4.69, 9.17) is 5.11 Å². The standard InChI is InChI=1S/C9H13N3O6/c1-4(11-9(18)7(10)16)8(17)12-5(3-13)2-6(14)15/h3-5H,2H2,1H3,(H2,10,16)(H,11,18)(H,12,17)(H,14,15)/t4-,5-/m0/s1. The zero-order valence-electron chi connectivity index (χ0n) is 9.50. The van der Waals surface area contributed by atoms with Gasteiger partial charge in [0, 0.05) is 0 Å². The molecule has 0 heterocycles. The molecule has 0 aliphatic carbocycles. The maximum Gasteiger partial charge on any atom is 0.309 e. The van der Waals surface area contributed by atoms with Crippen LogP contribution in [0.25, 0.3) is 0 Å². The molecule has 0 aromatic rings. The summed E-state index contributed by atoms with van der Waals surface area (Å²) >= 11 is 0. The Balaban J connectivity index is 4.37. The second-order valence-electron chi connectivity index (χ2n) is 3.41. The topological polar surface area (TPSA) is 156 Å². The lowest BCUT2D eigenvalue weighted by molar-refractivity contribution is -0.140. The van der Waals surface area contributed by atoms with Crippen molar-refractivity contribution < 1.29 is 29.1 Å². The van der Waals surface area contributed by atoms with E-state index in [0.29, 0.717) is 0 Å². The second-order valence-corrected chi connectivity index (χ2v) is 3.41. The summed E-state index contributed by atoms with van der Waals surface area (Å²) in [7, 11) is 0. The molecule has 0 unspecified atom stereocenters. The number of nitrogens with two attached hydrogens (primary N) is 1. The van der Waals surface area contributed by atoms with Gasteiger partial charge in [-0.25, -0.2) is 0 Å². The third-order valence-electron chi connectivity index (χ3n) is 1.85. The zero-order chi connectivity index (χ0) is 14.3. The quantitative estimate of drug-likeness (QED) is 0.297. The smallest absolute Gasteiger partial charge is 0.309 e. The van der Waals surface area contributed by atoms with Crippen molar-refractivity contribution in [3.63, 3.8) is 0 Å². The van der Waals surface area contributed by atoms with Crippen LogP contribution in [-0.4, -0.2) is 47.2 Å². The van der Waals surface area contributed by atoms with Gasteiger partial charge in [0.1, 0.15) is 12.3 Å². The van der Waals surface area contributed by atoms with E-state index in [-0.39, 0.29) is 6.29 Å². The molecule has 2 atom stereocenters. The summed E-state index contributed by atoms with van der Waals surface area (Å²) in [4.78, 5) is 53.5. The average Bonchev–Trinajstić information content (AvgIpc) is 2.26. The van der Waals surface area contributed by atoms with Crippen LogP contribution in [0.3, 0.4) is 0 Å². The van der Waals surface area contributed by atoms with Crippen LogP contribution < -0.4 is 16.4 Å². The largest absolute Gasteiger partial charge is 0.481 e. The van der Waals surface area contributed by atoms with Crippen molar-refractivity contribution in [3.05, 3.63) is 0 Å². The molecule has 0 fully saturated rings. The molecular weight excluding hydrogens is 246 g/mol. The molecule has 0 radical (unpaired) electrons. The first-order valence-electron chi connectivity index (χ1n) is 4.85. The number of aliphatic carboxylic acids is 1. The van der Waals surface area contributed by atoms with Crippen LogP contribution in [0.5, 0.6) is 0 Å². The summed E-state index contributed by atoms with van der Waals surface area (Å²) in [5.74, 6) is -4.48. The number of rotatable bonds is 6. The van der Waals surface area contributed by atoms with Gasteiger partial charge in [0.05, 0.1) is 12.5 Å². The van der Waals surface area contributed by atoms with Crippen LogP contribution in [0, 0.1) is 0 Å². The highest BCUT2D eigenvalue weighted by Crippen LogP contribution is 1.91. The van der Waals surface area contributed by atoms with Gasteiger partial charge in [-0.1, -0.05) is 0 Å². The number of carbonyl (C=O) groups excluding carboxylic acids is 4. The summed E-state index contributed by atoms with van der Waals surface area (Å²) < 4.78 is 0. The first-order valence-corrected chi connectivity index (χ1v) is 4.85. The molecule has 0 saturated carbocycles. The molecule has 5 N–H and O–H groups in total. The van der Waals surface area contributed by atoms with Gasteiger partial charge < -0.3 is 26.3 Å². The van der Waals surface area contributed by atoms with Crippen molar-refractivity contribution in [2.45, 2.75) is 25.4 Å². The molecule has 9 nitrogen and oxygen atoms in total. The third kappa shape index (κ3) is 5.58. The van der Waals surface area contributed by atoms with E-state index >= 15 is 0 Å². The van der Waals surface area contributed by atoms with E-state index < -0.39 is 42.2 Å². The van der Waals surface area contributed by atoms with E-state index in [1.807, 2.05) is 5.32 Å². The Labute approximate surface area is 102 Å².